The average Bonchev–Trinajstić information content (AvgIpc) is 2.63. The first kappa shape index (κ1) is 23.4. The van der Waals surface area contributed by atoms with Crippen LogP contribution in [-0.2, 0) is 4.79 Å². The first-order chi connectivity index (χ1) is 12.4. The molecule has 0 bridgehead atoms. The van der Waals surface area contributed by atoms with Gasteiger partial charge in [0.25, 0.3) is 5.91 Å². The number of hydrogen-bond donors (Lipinski definition) is 1. The van der Waals surface area contributed by atoms with Crippen LogP contribution in [0.5, 0.6) is 11.5 Å². The van der Waals surface area contributed by atoms with Crippen LogP contribution in [0.25, 0.3) is 0 Å². The van der Waals surface area contributed by atoms with E-state index in [1.54, 1.807) is 17.0 Å². The highest BCUT2D eigenvalue weighted by molar-refractivity contribution is 5.85. The maximum atomic E-state index is 12.3. The number of nitrogens with zero attached hydrogens (tertiary/aromatic N) is 1. The molecule has 9 heteroatoms. The Morgan fingerprint density at radius 1 is 1.19 bits per heavy atom. The first-order valence-electron chi connectivity index (χ1n) is 8.79. The molecule has 1 aromatic carbocycles. The monoisotopic (exact) mass is 410 g/mol. The van der Waals surface area contributed by atoms with Crippen molar-refractivity contribution in [2.24, 2.45) is 5.92 Å². The lowest BCUT2D eigenvalue weighted by Crippen LogP contribution is -2.42. The third-order valence-corrected chi connectivity index (χ3v) is 4.24. The number of para-hydroxylation sites is 2. The van der Waals surface area contributed by atoms with Gasteiger partial charge in [-0.2, -0.15) is 13.2 Å². The predicted molar refractivity (Wildman–Crippen MR) is 98.6 cm³/mol. The van der Waals surface area contributed by atoms with E-state index in [-0.39, 0.29) is 36.4 Å². The van der Waals surface area contributed by atoms with E-state index in [1.165, 1.54) is 12.1 Å². The van der Waals surface area contributed by atoms with E-state index in [2.05, 4.69) is 12.2 Å². The zero-order valence-electron chi connectivity index (χ0n) is 15.3. The first-order valence-corrected chi connectivity index (χ1v) is 8.79. The number of halogens is 4. The van der Waals surface area contributed by atoms with E-state index in [1.807, 2.05) is 0 Å². The highest BCUT2D eigenvalue weighted by Crippen LogP contribution is 2.28. The highest BCUT2D eigenvalue weighted by atomic mass is 35.5. The third-order valence-electron chi connectivity index (χ3n) is 4.24. The molecule has 1 fully saturated rings. The number of amides is 1. The lowest BCUT2D eigenvalue weighted by atomic mass is 9.97. The van der Waals surface area contributed by atoms with Gasteiger partial charge in [-0.3, -0.25) is 4.79 Å². The number of likely N-dealkylation sites (tertiary alicyclic amines) is 1. The number of hydrogen-bond acceptors (Lipinski definition) is 4. The molecule has 0 aromatic heterocycles. The number of carbonyl (C=O) groups excluding carboxylic acids is 1. The lowest BCUT2D eigenvalue weighted by Gasteiger charge is -2.32. The molecule has 1 aliphatic heterocycles. The summed E-state index contributed by atoms with van der Waals surface area (Å²) in [4.78, 5) is 14.0. The van der Waals surface area contributed by atoms with Gasteiger partial charge in [-0.05, 0) is 44.0 Å². The summed E-state index contributed by atoms with van der Waals surface area (Å²) in [6, 6.07) is 6.04. The van der Waals surface area contributed by atoms with E-state index in [9.17, 15) is 18.0 Å². The summed E-state index contributed by atoms with van der Waals surface area (Å²) in [5.74, 6) is 0.503. The zero-order valence-corrected chi connectivity index (χ0v) is 16.1. The summed E-state index contributed by atoms with van der Waals surface area (Å²) < 4.78 is 47.1. The number of benzene rings is 1. The van der Waals surface area contributed by atoms with Gasteiger partial charge in [0, 0.05) is 13.1 Å². The van der Waals surface area contributed by atoms with Crippen molar-refractivity contribution in [3.63, 3.8) is 0 Å². The van der Waals surface area contributed by atoms with Crippen molar-refractivity contribution in [2.45, 2.75) is 25.9 Å². The van der Waals surface area contributed by atoms with Crippen molar-refractivity contribution in [1.29, 1.82) is 0 Å². The lowest BCUT2D eigenvalue weighted by molar-refractivity contribution is -0.153. The zero-order chi connectivity index (χ0) is 19.0. The highest BCUT2D eigenvalue weighted by Gasteiger charge is 2.29. The fourth-order valence-electron chi connectivity index (χ4n) is 2.81. The van der Waals surface area contributed by atoms with Gasteiger partial charge in [-0.1, -0.05) is 19.1 Å². The Morgan fingerprint density at radius 2 is 1.78 bits per heavy atom. The van der Waals surface area contributed by atoms with Gasteiger partial charge < -0.3 is 19.7 Å². The van der Waals surface area contributed by atoms with Gasteiger partial charge >= 0.3 is 6.18 Å². The molecule has 1 aromatic rings. The minimum Gasteiger partial charge on any atom is -0.480 e. The molecule has 27 heavy (non-hydrogen) atoms. The molecule has 0 aliphatic carbocycles. The van der Waals surface area contributed by atoms with Crippen molar-refractivity contribution < 1.29 is 27.4 Å². The van der Waals surface area contributed by atoms with E-state index >= 15 is 0 Å². The molecule has 1 N–H and O–H groups in total. The molecule has 5 nitrogen and oxygen atoms in total. The number of rotatable bonds is 8. The quantitative estimate of drug-likeness (QED) is 0.714. The molecule has 1 heterocycles. The minimum atomic E-state index is -4.43. The normalized spacial score (nSPS) is 15.2. The number of alkyl halides is 3. The molecule has 154 valence electrons. The molecule has 1 amide bonds. The molecular weight excluding hydrogens is 385 g/mol. The fourth-order valence-corrected chi connectivity index (χ4v) is 2.81. The van der Waals surface area contributed by atoms with Gasteiger partial charge in [0.15, 0.2) is 24.7 Å². The molecule has 1 saturated heterocycles. The SMILES string of the molecule is CCNCC1CCN(C(=O)COc2ccccc2OCC(F)(F)F)CC1.Cl. The van der Waals surface area contributed by atoms with Gasteiger partial charge in [0.2, 0.25) is 0 Å². The average molecular weight is 411 g/mol. The Morgan fingerprint density at radius 3 is 2.33 bits per heavy atom. The molecular formula is C18H26ClF3N2O3. The van der Waals surface area contributed by atoms with Crippen LogP contribution >= 0.6 is 12.4 Å². The van der Waals surface area contributed by atoms with Crippen molar-refractivity contribution in [2.75, 3.05) is 39.4 Å². The summed E-state index contributed by atoms with van der Waals surface area (Å²) in [6.07, 6.45) is -2.56. The standard InChI is InChI=1S/C18H25F3N2O3.ClH/c1-2-22-11-14-7-9-23(10-8-14)17(24)12-25-15-5-3-4-6-16(15)26-13-18(19,20)21;/h3-6,14,22H,2,7-13H2,1H3;1H. The van der Waals surface area contributed by atoms with Crippen LogP contribution in [0.3, 0.4) is 0 Å². The second kappa shape index (κ2) is 11.2. The number of nitrogens with one attached hydrogen (secondary N) is 1. The van der Waals surface area contributed by atoms with E-state index < -0.39 is 12.8 Å². The Bertz CT molecular complexity index is 579. The van der Waals surface area contributed by atoms with Crippen LogP contribution in [0.2, 0.25) is 0 Å². The Labute approximate surface area is 163 Å². The van der Waals surface area contributed by atoms with Crippen molar-refractivity contribution in [3.05, 3.63) is 24.3 Å². The summed E-state index contributed by atoms with van der Waals surface area (Å²) in [6.45, 7) is 3.67. The summed E-state index contributed by atoms with van der Waals surface area (Å²) in [5, 5.41) is 3.32. The summed E-state index contributed by atoms with van der Waals surface area (Å²) in [5.41, 5.74) is 0. The van der Waals surface area contributed by atoms with Crippen molar-refractivity contribution >= 4 is 18.3 Å². The number of ether oxygens (including phenoxy) is 2. The van der Waals surface area contributed by atoms with Gasteiger partial charge in [0.1, 0.15) is 0 Å². The Hall–Kier alpha value is -1.67. The molecule has 0 spiro atoms. The van der Waals surface area contributed by atoms with Crippen LogP contribution < -0.4 is 14.8 Å². The van der Waals surface area contributed by atoms with Gasteiger partial charge in [-0.25, -0.2) is 0 Å². The van der Waals surface area contributed by atoms with Crippen LogP contribution in [0.15, 0.2) is 24.3 Å². The molecule has 0 atom stereocenters. The van der Waals surface area contributed by atoms with E-state index in [0.717, 1.165) is 25.9 Å². The maximum Gasteiger partial charge on any atom is 0.422 e. The molecule has 2 rings (SSSR count). The smallest absolute Gasteiger partial charge is 0.422 e. The second-order valence-electron chi connectivity index (χ2n) is 6.27. The fraction of sp³-hybridized carbons (Fsp3) is 0.611. The molecule has 0 radical (unpaired) electrons. The number of piperidine rings is 1. The van der Waals surface area contributed by atoms with Crippen molar-refractivity contribution in [1.82, 2.24) is 10.2 Å². The van der Waals surface area contributed by atoms with Crippen LogP contribution in [-0.4, -0.2) is 56.4 Å². The van der Waals surface area contributed by atoms with E-state index in [0.29, 0.717) is 19.0 Å². The van der Waals surface area contributed by atoms with Crippen LogP contribution in [0.4, 0.5) is 13.2 Å². The largest absolute Gasteiger partial charge is 0.480 e. The van der Waals surface area contributed by atoms with Gasteiger partial charge in [-0.15, -0.1) is 12.4 Å². The Balaban J connectivity index is 0.00000364. The Kier molecular flexibility index (Phi) is 9.73. The summed E-state index contributed by atoms with van der Waals surface area (Å²) in [7, 11) is 0. The van der Waals surface area contributed by atoms with E-state index in [4.69, 9.17) is 9.47 Å². The third kappa shape index (κ3) is 8.26. The minimum absolute atomic E-state index is 0. The maximum absolute atomic E-state index is 12.3. The van der Waals surface area contributed by atoms with Crippen LogP contribution in [0.1, 0.15) is 19.8 Å². The van der Waals surface area contributed by atoms with Crippen LogP contribution in [0, 0.1) is 5.92 Å². The number of carbonyl (C=O) groups is 1. The second-order valence-corrected chi connectivity index (χ2v) is 6.27. The molecule has 0 saturated carbocycles. The summed E-state index contributed by atoms with van der Waals surface area (Å²) >= 11 is 0. The van der Waals surface area contributed by atoms with Crippen molar-refractivity contribution in [3.8, 4) is 11.5 Å². The van der Waals surface area contributed by atoms with Gasteiger partial charge in [0.05, 0.1) is 0 Å². The predicted octanol–water partition coefficient (Wildman–Crippen LogP) is 3.28. The molecule has 1 aliphatic rings. The molecule has 0 unspecified atom stereocenters. The topological polar surface area (TPSA) is 50.8 Å².